The van der Waals surface area contributed by atoms with Gasteiger partial charge in [-0.05, 0) is 11.6 Å². The van der Waals surface area contributed by atoms with E-state index in [9.17, 15) is 0 Å². The first-order chi connectivity index (χ1) is 2.89. The molecule has 0 nitrogen and oxygen atoms in total. The summed E-state index contributed by atoms with van der Waals surface area (Å²) in [6, 6.07) is 0. The summed E-state index contributed by atoms with van der Waals surface area (Å²) >= 11 is 0. The molecular weight excluding hydrogens is 111 g/mol. The van der Waals surface area contributed by atoms with E-state index in [4.69, 9.17) is 0 Å². The second-order valence-electron chi connectivity index (χ2n) is 1.52. The summed E-state index contributed by atoms with van der Waals surface area (Å²) in [6.45, 7) is 0. The van der Waals surface area contributed by atoms with Crippen LogP contribution in [0.5, 0.6) is 0 Å². The fraction of sp³-hybridized carbons (Fsp3) is 1.00. The Balaban J connectivity index is 2.18. The lowest BCUT2D eigenvalue weighted by Gasteiger charge is -1.88. The molecule has 0 amide bonds. The molecule has 1 rings (SSSR count). The van der Waals surface area contributed by atoms with Crippen LogP contribution >= 0.6 is 21.6 Å². The molecule has 0 aromatic carbocycles. The summed E-state index contributed by atoms with van der Waals surface area (Å²) < 4.78 is 0. The summed E-state index contributed by atoms with van der Waals surface area (Å²) in [4.78, 5) is 0. The molecule has 0 spiro atoms. The lowest BCUT2D eigenvalue weighted by atomic mass is 10.0. The third-order valence-electron chi connectivity index (χ3n) is 0.840. The quantitative estimate of drug-likeness (QED) is 0.339. The lowest BCUT2D eigenvalue weighted by Crippen LogP contribution is -1.92. The van der Waals surface area contributed by atoms with E-state index in [1.807, 2.05) is 21.6 Å². The lowest BCUT2D eigenvalue weighted by molar-refractivity contribution is 1.08. The Labute approximate surface area is 47.3 Å². The SMILES string of the molecule is BC1CCSS1. The predicted molar refractivity (Wildman–Crippen MR) is 37.0 cm³/mol. The first-order valence-corrected chi connectivity index (χ1v) is 4.56. The van der Waals surface area contributed by atoms with Gasteiger partial charge >= 0.3 is 0 Å². The maximum Gasteiger partial charge on any atom is 0.119 e. The summed E-state index contributed by atoms with van der Waals surface area (Å²) in [5, 5.41) is 0.926. The highest BCUT2D eigenvalue weighted by molar-refractivity contribution is 8.77. The highest BCUT2D eigenvalue weighted by Crippen LogP contribution is 2.35. The minimum Gasteiger partial charge on any atom is -0.0997 e. The van der Waals surface area contributed by atoms with Gasteiger partial charge in [0.05, 0.1) is 0 Å². The van der Waals surface area contributed by atoms with Crippen molar-refractivity contribution >= 4 is 29.4 Å². The van der Waals surface area contributed by atoms with Crippen LogP contribution in [0.1, 0.15) is 6.42 Å². The van der Waals surface area contributed by atoms with Crippen LogP contribution in [-0.4, -0.2) is 18.7 Å². The normalized spacial score (nSPS) is 34.3. The maximum atomic E-state index is 2.28. The minimum atomic E-state index is 0.926. The van der Waals surface area contributed by atoms with E-state index in [0.717, 1.165) is 5.15 Å². The number of hydrogen-bond acceptors (Lipinski definition) is 2. The van der Waals surface area contributed by atoms with Gasteiger partial charge in [0.15, 0.2) is 0 Å². The van der Waals surface area contributed by atoms with Crippen LogP contribution in [0.2, 0.25) is 0 Å². The van der Waals surface area contributed by atoms with Crippen molar-refractivity contribution in [1.82, 2.24) is 0 Å². The van der Waals surface area contributed by atoms with Crippen LogP contribution in [0.3, 0.4) is 0 Å². The Kier molecular flexibility index (Phi) is 1.78. The molecule has 1 aliphatic rings. The monoisotopic (exact) mass is 118 g/mol. The van der Waals surface area contributed by atoms with Gasteiger partial charge in [0.1, 0.15) is 7.85 Å². The van der Waals surface area contributed by atoms with Crippen molar-refractivity contribution in [3.05, 3.63) is 0 Å². The van der Waals surface area contributed by atoms with Gasteiger partial charge in [-0.3, -0.25) is 0 Å². The molecule has 0 aromatic heterocycles. The standard InChI is InChI=1S/C3H7BS2/c4-3-1-2-5-6-3/h3H,1-2,4H2. The van der Waals surface area contributed by atoms with Crippen molar-refractivity contribution in [1.29, 1.82) is 0 Å². The van der Waals surface area contributed by atoms with Gasteiger partial charge in [0.2, 0.25) is 0 Å². The molecule has 0 N–H and O–H groups in total. The Morgan fingerprint density at radius 2 is 2.50 bits per heavy atom. The van der Waals surface area contributed by atoms with E-state index in [1.165, 1.54) is 12.2 Å². The first kappa shape index (κ1) is 4.91. The Bertz CT molecular complexity index is 42.1. The van der Waals surface area contributed by atoms with Crippen molar-refractivity contribution < 1.29 is 0 Å². The van der Waals surface area contributed by atoms with Crippen molar-refractivity contribution in [2.45, 2.75) is 11.6 Å². The Morgan fingerprint density at radius 1 is 1.67 bits per heavy atom. The maximum absolute atomic E-state index is 2.28. The zero-order valence-corrected chi connectivity index (χ0v) is 5.44. The molecule has 0 radical (unpaired) electrons. The molecule has 1 atom stereocenters. The second kappa shape index (κ2) is 2.17. The van der Waals surface area contributed by atoms with Crippen LogP contribution in [0.15, 0.2) is 0 Å². The van der Waals surface area contributed by atoms with Crippen LogP contribution < -0.4 is 0 Å². The molecule has 1 heterocycles. The zero-order valence-electron chi connectivity index (χ0n) is 3.81. The Hall–Kier alpha value is 0.765. The fourth-order valence-electron chi connectivity index (χ4n) is 0.426. The average molecular weight is 118 g/mol. The molecule has 6 heavy (non-hydrogen) atoms. The molecule has 1 aliphatic heterocycles. The first-order valence-electron chi connectivity index (χ1n) is 2.18. The summed E-state index contributed by atoms with van der Waals surface area (Å²) in [7, 11) is 6.30. The van der Waals surface area contributed by atoms with Gasteiger partial charge in [-0.25, -0.2) is 0 Å². The summed E-state index contributed by atoms with van der Waals surface area (Å²) in [5.74, 6) is 1.37. The molecule has 0 bridgehead atoms. The molecule has 1 fully saturated rings. The molecule has 1 unspecified atom stereocenters. The highest BCUT2D eigenvalue weighted by atomic mass is 33.1. The molecule has 0 aromatic rings. The van der Waals surface area contributed by atoms with Gasteiger partial charge in [0, 0.05) is 5.75 Å². The third-order valence-corrected chi connectivity index (χ3v) is 3.84. The van der Waals surface area contributed by atoms with Crippen molar-refractivity contribution in [2.75, 3.05) is 5.75 Å². The van der Waals surface area contributed by atoms with Gasteiger partial charge in [-0.15, -0.1) is 0 Å². The van der Waals surface area contributed by atoms with Gasteiger partial charge in [-0.1, -0.05) is 21.6 Å². The Morgan fingerprint density at radius 3 is 2.67 bits per heavy atom. The van der Waals surface area contributed by atoms with E-state index >= 15 is 0 Å². The van der Waals surface area contributed by atoms with Crippen LogP contribution in [0.25, 0.3) is 0 Å². The molecule has 34 valence electrons. The molecule has 0 aliphatic carbocycles. The predicted octanol–water partition coefficient (Wildman–Crippen LogP) is 0.731. The average Bonchev–Trinajstić information content (AvgIpc) is 1.86. The summed E-state index contributed by atoms with van der Waals surface area (Å²) in [6.07, 6.45) is 1.41. The van der Waals surface area contributed by atoms with Gasteiger partial charge in [0.25, 0.3) is 0 Å². The molecular formula is C3H7BS2. The molecule has 3 heteroatoms. The molecule has 1 saturated heterocycles. The fourth-order valence-corrected chi connectivity index (χ4v) is 3.13. The van der Waals surface area contributed by atoms with Crippen molar-refractivity contribution in [3.8, 4) is 0 Å². The smallest absolute Gasteiger partial charge is 0.0997 e. The van der Waals surface area contributed by atoms with E-state index in [1.54, 1.807) is 0 Å². The van der Waals surface area contributed by atoms with Crippen molar-refractivity contribution in [2.24, 2.45) is 0 Å². The number of rotatable bonds is 0. The molecule has 0 saturated carbocycles. The zero-order chi connectivity index (χ0) is 4.41. The van der Waals surface area contributed by atoms with E-state index in [-0.39, 0.29) is 0 Å². The van der Waals surface area contributed by atoms with Crippen LogP contribution in [-0.2, 0) is 0 Å². The van der Waals surface area contributed by atoms with Crippen molar-refractivity contribution in [3.63, 3.8) is 0 Å². The van der Waals surface area contributed by atoms with Crippen LogP contribution in [0.4, 0.5) is 0 Å². The second-order valence-corrected chi connectivity index (χ2v) is 4.44. The minimum absolute atomic E-state index is 0.926. The highest BCUT2D eigenvalue weighted by Gasteiger charge is 2.08. The summed E-state index contributed by atoms with van der Waals surface area (Å²) in [5.41, 5.74) is 0. The van der Waals surface area contributed by atoms with E-state index < -0.39 is 0 Å². The van der Waals surface area contributed by atoms with E-state index in [0.29, 0.717) is 0 Å². The van der Waals surface area contributed by atoms with Crippen LogP contribution in [0, 0.1) is 0 Å². The largest absolute Gasteiger partial charge is 0.119 e. The van der Waals surface area contributed by atoms with Gasteiger partial charge in [-0.2, -0.15) is 0 Å². The van der Waals surface area contributed by atoms with Gasteiger partial charge < -0.3 is 0 Å². The van der Waals surface area contributed by atoms with E-state index in [2.05, 4.69) is 7.85 Å². The number of hydrogen-bond donors (Lipinski definition) is 0. The third kappa shape index (κ3) is 1.12. The topological polar surface area (TPSA) is 0 Å².